The zero-order valence-corrected chi connectivity index (χ0v) is 9.83. The van der Waals surface area contributed by atoms with Crippen molar-refractivity contribution in [2.45, 2.75) is 6.42 Å². The summed E-state index contributed by atoms with van der Waals surface area (Å²) in [4.78, 5) is 3.02. The summed E-state index contributed by atoms with van der Waals surface area (Å²) in [5.41, 5.74) is 10.9. The molecule has 0 saturated heterocycles. The molecule has 0 spiro atoms. The quantitative estimate of drug-likeness (QED) is 0.607. The Morgan fingerprint density at radius 2 is 2.24 bits per heavy atom. The van der Waals surface area contributed by atoms with Gasteiger partial charge >= 0.3 is 0 Å². The van der Waals surface area contributed by atoms with Crippen LogP contribution in [0.3, 0.4) is 0 Å². The molecular weight excluding hydrogens is 214 g/mol. The molecule has 0 bridgehead atoms. The molecule has 90 valence electrons. The molecule has 0 fully saturated rings. The van der Waals surface area contributed by atoms with Crippen molar-refractivity contribution in [2.24, 2.45) is 0 Å². The molecule has 4 nitrogen and oxygen atoms in total. The number of hydrogen-bond donors (Lipinski definition) is 4. The zero-order chi connectivity index (χ0) is 12.3. The lowest BCUT2D eigenvalue weighted by molar-refractivity contribution is 0.299. The van der Waals surface area contributed by atoms with Crippen LogP contribution in [-0.4, -0.2) is 23.7 Å². The number of benzene rings is 1. The van der Waals surface area contributed by atoms with Crippen LogP contribution < -0.4 is 11.1 Å². The van der Waals surface area contributed by atoms with E-state index in [0.29, 0.717) is 6.42 Å². The Morgan fingerprint density at radius 3 is 2.82 bits per heavy atom. The number of aliphatic hydroxyl groups excluding tert-OH is 1. The van der Waals surface area contributed by atoms with Gasteiger partial charge in [0.05, 0.1) is 11.4 Å². The first-order valence-corrected chi connectivity index (χ1v) is 5.60. The summed E-state index contributed by atoms with van der Waals surface area (Å²) in [6.45, 7) is 0.139. The van der Waals surface area contributed by atoms with Crippen molar-refractivity contribution >= 4 is 11.4 Å². The fourth-order valence-corrected chi connectivity index (χ4v) is 1.92. The number of rotatable bonds is 4. The van der Waals surface area contributed by atoms with E-state index in [1.807, 2.05) is 37.6 Å². The van der Waals surface area contributed by atoms with Crippen LogP contribution in [0, 0.1) is 0 Å². The van der Waals surface area contributed by atoms with Gasteiger partial charge in [-0.25, -0.2) is 0 Å². The van der Waals surface area contributed by atoms with Gasteiger partial charge < -0.3 is 21.1 Å². The molecule has 0 aliphatic rings. The van der Waals surface area contributed by atoms with Crippen LogP contribution in [0.25, 0.3) is 11.1 Å². The molecule has 5 N–H and O–H groups in total. The molecule has 17 heavy (non-hydrogen) atoms. The van der Waals surface area contributed by atoms with Gasteiger partial charge in [-0.2, -0.15) is 0 Å². The van der Waals surface area contributed by atoms with Crippen LogP contribution in [0.5, 0.6) is 0 Å². The van der Waals surface area contributed by atoms with E-state index >= 15 is 0 Å². The normalized spacial score (nSPS) is 10.5. The average molecular weight is 231 g/mol. The number of nitrogen functional groups attached to an aromatic ring is 1. The predicted octanol–water partition coefficient (Wildman–Crippen LogP) is 1.84. The molecule has 0 unspecified atom stereocenters. The van der Waals surface area contributed by atoms with Crippen molar-refractivity contribution in [1.82, 2.24) is 4.98 Å². The fraction of sp³-hybridized carbons (Fsp3) is 0.231. The van der Waals surface area contributed by atoms with Crippen molar-refractivity contribution < 1.29 is 5.11 Å². The number of hydrogen-bond acceptors (Lipinski definition) is 3. The molecule has 1 aromatic carbocycles. The third-order valence-corrected chi connectivity index (χ3v) is 2.82. The van der Waals surface area contributed by atoms with Crippen molar-refractivity contribution in [3.63, 3.8) is 0 Å². The topological polar surface area (TPSA) is 74.1 Å². The number of nitrogens with one attached hydrogen (secondary N) is 2. The van der Waals surface area contributed by atoms with Gasteiger partial charge in [0.15, 0.2) is 0 Å². The van der Waals surface area contributed by atoms with Gasteiger partial charge in [-0.05, 0) is 30.2 Å². The van der Waals surface area contributed by atoms with Gasteiger partial charge in [0, 0.05) is 37.2 Å². The third-order valence-electron chi connectivity index (χ3n) is 2.82. The molecule has 0 aliphatic carbocycles. The highest BCUT2D eigenvalue weighted by Crippen LogP contribution is 2.33. The molecular formula is C13H17N3O. The first-order chi connectivity index (χ1) is 8.26. The smallest absolute Gasteiger partial charge is 0.0630 e. The van der Waals surface area contributed by atoms with Crippen LogP contribution in [0.15, 0.2) is 30.6 Å². The molecule has 2 aromatic rings. The highest BCUT2D eigenvalue weighted by Gasteiger charge is 2.09. The summed E-state index contributed by atoms with van der Waals surface area (Å²) in [7, 11) is 1.84. The van der Waals surface area contributed by atoms with Gasteiger partial charge in [-0.1, -0.05) is 0 Å². The van der Waals surface area contributed by atoms with Gasteiger partial charge in [-0.3, -0.25) is 0 Å². The molecule has 0 aliphatic heterocycles. The number of aromatic amines is 1. The highest BCUT2D eigenvalue weighted by molar-refractivity contribution is 5.86. The molecule has 1 aromatic heterocycles. The van der Waals surface area contributed by atoms with E-state index in [0.717, 1.165) is 28.1 Å². The van der Waals surface area contributed by atoms with Crippen LogP contribution in [0.1, 0.15) is 5.56 Å². The van der Waals surface area contributed by atoms with Gasteiger partial charge in [-0.15, -0.1) is 0 Å². The lowest BCUT2D eigenvalue weighted by Crippen LogP contribution is -2.01. The maximum atomic E-state index is 9.02. The highest BCUT2D eigenvalue weighted by atomic mass is 16.2. The average Bonchev–Trinajstić information content (AvgIpc) is 2.85. The molecule has 1 heterocycles. The van der Waals surface area contributed by atoms with Crippen LogP contribution in [0.2, 0.25) is 0 Å². The second-order valence-electron chi connectivity index (χ2n) is 3.93. The summed E-state index contributed by atoms with van der Waals surface area (Å²) in [6, 6.07) is 5.98. The second-order valence-corrected chi connectivity index (χ2v) is 3.93. The van der Waals surface area contributed by atoms with E-state index in [9.17, 15) is 0 Å². The van der Waals surface area contributed by atoms with Crippen LogP contribution in [-0.2, 0) is 6.42 Å². The van der Waals surface area contributed by atoms with Crippen LogP contribution >= 0.6 is 0 Å². The number of anilines is 2. The number of aliphatic hydroxyl groups is 1. The van der Waals surface area contributed by atoms with E-state index in [-0.39, 0.29) is 6.61 Å². The maximum Gasteiger partial charge on any atom is 0.0630 e. The Kier molecular flexibility index (Phi) is 3.35. The first-order valence-electron chi connectivity index (χ1n) is 5.60. The van der Waals surface area contributed by atoms with Crippen LogP contribution in [0.4, 0.5) is 11.4 Å². The van der Waals surface area contributed by atoms with E-state index in [4.69, 9.17) is 10.8 Å². The lowest BCUT2D eigenvalue weighted by atomic mass is 10.0. The minimum Gasteiger partial charge on any atom is -0.397 e. The Labute approximate surface area is 100 Å². The molecule has 0 radical (unpaired) electrons. The summed E-state index contributed by atoms with van der Waals surface area (Å²) >= 11 is 0. The Morgan fingerprint density at radius 1 is 1.41 bits per heavy atom. The number of H-pyrrole nitrogens is 1. The Hall–Kier alpha value is -1.94. The molecule has 2 rings (SSSR count). The summed E-state index contributed by atoms with van der Waals surface area (Å²) < 4.78 is 0. The van der Waals surface area contributed by atoms with Gasteiger partial charge in [0.2, 0.25) is 0 Å². The van der Waals surface area contributed by atoms with E-state index in [1.165, 1.54) is 0 Å². The maximum absolute atomic E-state index is 9.02. The second kappa shape index (κ2) is 4.93. The van der Waals surface area contributed by atoms with Crippen molar-refractivity contribution in [3.8, 4) is 11.1 Å². The largest absolute Gasteiger partial charge is 0.397 e. The number of nitrogens with two attached hydrogens (primary N) is 1. The monoisotopic (exact) mass is 231 g/mol. The predicted molar refractivity (Wildman–Crippen MR) is 71.0 cm³/mol. The van der Waals surface area contributed by atoms with Crippen molar-refractivity contribution in [3.05, 3.63) is 36.2 Å². The Bertz CT molecular complexity index is 492. The minimum absolute atomic E-state index is 0.139. The third kappa shape index (κ3) is 2.26. The van der Waals surface area contributed by atoms with E-state index in [2.05, 4.69) is 10.3 Å². The van der Waals surface area contributed by atoms with E-state index in [1.54, 1.807) is 0 Å². The van der Waals surface area contributed by atoms with Crippen molar-refractivity contribution in [2.75, 3.05) is 24.7 Å². The summed E-state index contributed by atoms with van der Waals surface area (Å²) in [5.74, 6) is 0. The summed E-state index contributed by atoms with van der Waals surface area (Å²) in [6.07, 6.45) is 4.41. The van der Waals surface area contributed by atoms with Gasteiger partial charge in [0.1, 0.15) is 0 Å². The van der Waals surface area contributed by atoms with Crippen molar-refractivity contribution in [1.29, 1.82) is 0 Å². The number of aromatic nitrogens is 1. The molecule has 0 amide bonds. The molecule has 0 atom stereocenters. The molecule has 4 heteroatoms. The first kappa shape index (κ1) is 11.5. The van der Waals surface area contributed by atoms with E-state index < -0.39 is 0 Å². The summed E-state index contributed by atoms with van der Waals surface area (Å²) in [5, 5.41) is 12.1. The Balaban J connectivity index is 2.53. The van der Waals surface area contributed by atoms with Gasteiger partial charge in [0.25, 0.3) is 0 Å². The lowest BCUT2D eigenvalue weighted by Gasteiger charge is -2.12. The molecule has 0 saturated carbocycles. The minimum atomic E-state index is 0.139. The zero-order valence-electron chi connectivity index (χ0n) is 9.83. The standard InChI is InChI=1S/C13H17N3O/c1-15-12-7-9(3-5-17)6-11(13(12)14)10-2-4-16-8-10/h2,4,6-8,15-17H,3,5,14H2,1H3. The fourth-order valence-electron chi connectivity index (χ4n) is 1.92. The SMILES string of the molecule is CNc1cc(CCO)cc(-c2cc[nH]c2)c1N.